The van der Waals surface area contributed by atoms with Gasteiger partial charge >= 0.3 is 19.8 Å². The Morgan fingerprint density at radius 1 is 0.552 bits per heavy atom. The van der Waals surface area contributed by atoms with Crippen LogP contribution in [0.1, 0.15) is 155 Å². The maximum atomic E-state index is 12.7. The number of carbonyl (C=O) groups is 2. The lowest BCUT2D eigenvalue weighted by atomic mass is 10.1. The van der Waals surface area contributed by atoms with Crippen LogP contribution in [0.3, 0.4) is 0 Å². The van der Waals surface area contributed by atoms with Gasteiger partial charge in [0.1, 0.15) is 19.8 Å². The molecule has 0 fully saturated rings. The average molecular weight is 833 g/mol. The first kappa shape index (κ1) is 55.2. The van der Waals surface area contributed by atoms with Crippen LogP contribution in [0.2, 0.25) is 0 Å². The normalized spacial score (nSPS) is 14.4. The Hall–Kier alpha value is -2.81. The molecule has 0 aliphatic carbocycles. The molecule has 0 aliphatic heterocycles. The third kappa shape index (κ3) is 42.8. The van der Waals surface area contributed by atoms with Gasteiger partial charge in [0, 0.05) is 12.8 Å². The number of phosphoric ester groups is 1. The molecule has 9 nitrogen and oxygen atoms in total. The molecule has 0 amide bonds. The summed E-state index contributed by atoms with van der Waals surface area (Å²) >= 11 is 0. The Kier molecular flexibility index (Phi) is 37.7. The highest BCUT2D eigenvalue weighted by molar-refractivity contribution is 7.47. The number of quaternary nitrogens is 1. The summed E-state index contributed by atoms with van der Waals surface area (Å²) in [6, 6.07) is 0. The largest absolute Gasteiger partial charge is 0.472 e. The number of nitrogens with zero attached hydrogens (tertiary/aromatic N) is 1. The summed E-state index contributed by atoms with van der Waals surface area (Å²) in [4.78, 5) is 35.4. The molecule has 0 saturated carbocycles. The minimum Gasteiger partial charge on any atom is -0.462 e. The van der Waals surface area contributed by atoms with Crippen LogP contribution in [0.4, 0.5) is 0 Å². The maximum Gasteiger partial charge on any atom is 0.472 e. The van der Waals surface area contributed by atoms with E-state index in [1.807, 2.05) is 21.1 Å². The number of hydrogen-bond donors (Lipinski definition) is 1. The van der Waals surface area contributed by atoms with Crippen molar-refractivity contribution in [3.05, 3.63) is 85.1 Å². The van der Waals surface area contributed by atoms with Crippen LogP contribution in [-0.2, 0) is 32.7 Å². The molecule has 10 heteroatoms. The lowest BCUT2D eigenvalue weighted by Crippen LogP contribution is -2.37. The van der Waals surface area contributed by atoms with Gasteiger partial charge in [-0.1, -0.05) is 144 Å². The zero-order valence-corrected chi connectivity index (χ0v) is 38.1. The summed E-state index contributed by atoms with van der Waals surface area (Å²) in [6.45, 7) is 4.19. The molecule has 332 valence electrons. The van der Waals surface area contributed by atoms with Gasteiger partial charge in [0.15, 0.2) is 6.10 Å². The van der Waals surface area contributed by atoms with Crippen molar-refractivity contribution in [1.29, 1.82) is 0 Å². The van der Waals surface area contributed by atoms with Crippen molar-refractivity contribution in [1.82, 2.24) is 0 Å². The van der Waals surface area contributed by atoms with Crippen molar-refractivity contribution in [2.24, 2.45) is 0 Å². The van der Waals surface area contributed by atoms with Gasteiger partial charge in [-0.05, 0) is 83.5 Å². The molecule has 0 bridgehead atoms. The van der Waals surface area contributed by atoms with Crippen molar-refractivity contribution < 1.29 is 42.1 Å². The van der Waals surface area contributed by atoms with Gasteiger partial charge in [0.05, 0.1) is 27.7 Å². The van der Waals surface area contributed by atoms with E-state index >= 15 is 0 Å². The number of unbranched alkanes of at least 4 members (excludes halogenated alkanes) is 11. The molecular weight excluding hydrogens is 750 g/mol. The van der Waals surface area contributed by atoms with E-state index in [0.717, 1.165) is 70.6 Å². The number of likely N-dealkylation sites (N-methyl/N-ethyl adjacent to an activating group) is 1. The highest BCUT2D eigenvalue weighted by Crippen LogP contribution is 2.43. The molecule has 0 heterocycles. The first-order valence-electron chi connectivity index (χ1n) is 22.3. The summed E-state index contributed by atoms with van der Waals surface area (Å²) in [5.74, 6) is -0.896. The molecule has 0 spiro atoms. The van der Waals surface area contributed by atoms with Crippen LogP contribution in [0, 0.1) is 0 Å². The molecule has 58 heavy (non-hydrogen) atoms. The fourth-order valence-electron chi connectivity index (χ4n) is 5.43. The number of allylic oxidation sites excluding steroid dienone is 14. The lowest BCUT2D eigenvalue weighted by Gasteiger charge is -2.24. The van der Waals surface area contributed by atoms with Crippen LogP contribution in [0.15, 0.2) is 85.1 Å². The number of ether oxygens (including phenoxy) is 2. The number of esters is 2. The minimum absolute atomic E-state index is 0.0137. The second-order valence-corrected chi connectivity index (χ2v) is 17.1. The topological polar surface area (TPSA) is 108 Å². The van der Waals surface area contributed by atoms with Gasteiger partial charge in [-0.2, -0.15) is 0 Å². The Labute approximate surface area is 354 Å². The minimum atomic E-state index is -4.40. The zero-order chi connectivity index (χ0) is 42.8. The molecule has 0 radical (unpaired) electrons. The SMILES string of the molecule is CC/C=C\C/C=C\C/C=C\C/C=C\CCCCCCC(=O)OC[C@H](COP(=O)(O)OCC[N+](C)(C)C)OC(=O)CCC/C=C\C/C=C\C/C=C\CCCCCCCC. The van der Waals surface area contributed by atoms with E-state index < -0.39 is 32.5 Å². The van der Waals surface area contributed by atoms with Crippen LogP contribution in [0.25, 0.3) is 0 Å². The highest BCUT2D eigenvalue weighted by Gasteiger charge is 2.27. The van der Waals surface area contributed by atoms with Crippen molar-refractivity contribution >= 4 is 19.8 Å². The number of phosphoric acid groups is 1. The Bertz CT molecular complexity index is 1260. The molecular formula is C48H83NO8P+. The summed E-state index contributed by atoms with van der Waals surface area (Å²) in [6.07, 6.45) is 50.7. The summed E-state index contributed by atoms with van der Waals surface area (Å²) in [7, 11) is 1.42. The number of hydrogen-bond acceptors (Lipinski definition) is 7. The first-order chi connectivity index (χ1) is 28.0. The molecule has 0 aromatic rings. The Morgan fingerprint density at radius 2 is 1.00 bits per heavy atom. The monoisotopic (exact) mass is 833 g/mol. The van der Waals surface area contributed by atoms with E-state index in [1.165, 1.54) is 38.5 Å². The van der Waals surface area contributed by atoms with E-state index in [9.17, 15) is 19.0 Å². The van der Waals surface area contributed by atoms with E-state index in [-0.39, 0.29) is 26.1 Å². The second kappa shape index (κ2) is 39.6. The fourth-order valence-corrected chi connectivity index (χ4v) is 6.17. The molecule has 0 aromatic carbocycles. The van der Waals surface area contributed by atoms with Crippen molar-refractivity contribution in [2.45, 2.75) is 161 Å². The molecule has 1 unspecified atom stereocenters. The van der Waals surface area contributed by atoms with E-state index in [4.69, 9.17) is 18.5 Å². The summed E-state index contributed by atoms with van der Waals surface area (Å²) < 4.78 is 34.2. The van der Waals surface area contributed by atoms with Gasteiger partial charge in [-0.25, -0.2) is 4.57 Å². The fraction of sp³-hybridized carbons (Fsp3) is 0.667. The molecule has 0 saturated heterocycles. The third-order valence-electron chi connectivity index (χ3n) is 8.91. The smallest absolute Gasteiger partial charge is 0.462 e. The van der Waals surface area contributed by atoms with Crippen LogP contribution < -0.4 is 0 Å². The first-order valence-corrected chi connectivity index (χ1v) is 23.8. The summed E-state index contributed by atoms with van der Waals surface area (Å²) in [5.41, 5.74) is 0. The van der Waals surface area contributed by atoms with Gasteiger partial charge in [0.2, 0.25) is 0 Å². The number of rotatable bonds is 39. The standard InChI is InChI=1S/C48H82NO8P/c1-6-8-10-12-14-16-18-20-22-24-26-28-30-32-34-36-38-40-47(50)54-44-46(45-56-58(52,53)55-43-42-49(3,4)5)57-48(51)41-39-37-35-33-31-29-27-25-23-21-19-17-15-13-11-9-7-2/h8,10,14,16,20-23,26-29,33,35,46H,6-7,9,11-13,15,17-19,24-25,30-32,34,36-45H2,1-5H3/p+1/b10-8-,16-14-,22-20-,23-21-,28-26-,29-27-,35-33-/t46-/m1/s1. The molecule has 0 aromatic heterocycles. The van der Waals surface area contributed by atoms with Crippen LogP contribution in [0.5, 0.6) is 0 Å². The van der Waals surface area contributed by atoms with Gasteiger partial charge in [-0.15, -0.1) is 0 Å². The van der Waals surface area contributed by atoms with Crippen LogP contribution in [-0.4, -0.2) is 74.9 Å². The Morgan fingerprint density at radius 3 is 1.52 bits per heavy atom. The molecule has 0 rings (SSSR count). The second-order valence-electron chi connectivity index (χ2n) is 15.7. The van der Waals surface area contributed by atoms with Crippen LogP contribution >= 0.6 is 7.82 Å². The van der Waals surface area contributed by atoms with Crippen molar-refractivity contribution in [2.75, 3.05) is 47.5 Å². The number of carbonyl (C=O) groups excluding carboxylic acids is 2. The summed E-state index contributed by atoms with van der Waals surface area (Å²) in [5, 5.41) is 0. The predicted octanol–water partition coefficient (Wildman–Crippen LogP) is 12.8. The quantitative estimate of drug-likeness (QED) is 0.0214. The lowest BCUT2D eigenvalue weighted by molar-refractivity contribution is -0.870. The van der Waals surface area contributed by atoms with Gasteiger partial charge in [0.25, 0.3) is 0 Å². The molecule has 0 aliphatic rings. The third-order valence-corrected chi connectivity index (χ3v) is 9.89. The highest BCUT2D eigenvalue weighted by atomic mass is 31.2. The predicted molar refractivity (Wildman–Crippen MR) is 242 cm³/mol. The maximum absolute atomic E-state index is 12.7. The van der Waals surface area contributed by atoms with Crippen molar-refractivity contribution in [3.63, 3.8) is 0 Å². The van der Waals surface area contributed by atoms with Gasteiger partial charge < -0.3 is 18.9 Å². The van der Waals surface area contributed by atoms with E-state index in [0.29, 0.717) is 30.3 Å². The van der Waals surface area contributed by atoms with Crippen molar-refractivity contribution in [3.8, 4) is 0 Å². The molecule has 1 N–H and O–H groups in total. The van der Waals surface area contributed by atoms with E-state index in [2.05, 4.69) is 98.9 Å². The Balaban J connectivity index is 4.50. The zero-order valence-electron chi connectivity index (χ0n) is 37.2. The van der Waals surface area contributed by atoms with Gasteiger partial charge in [-0.3, -0.25) is 18.6 Å². The average Bonchev–Trinajstić information content (AvgIpc) is 3.17. The van der Waals surface area contributed by atoms with E-state index in [1.54, 1.807) is 0 Å². The molecule has 2 atom stereocenters.